The maximum Gasteiger partial charge on any atom is 0.342 e. The molecule has 0 radical (unpaired) electrons. The standard InChI is InChI=1S/C25H26N6O2/c32-24-9-2-1-8-21(24)23-16-22(18-5-4-10-27-17-18)29-31(23)25(33)28-19-6-3-7-20(15-19)30-13-11-26-12-14-30/h1-10,15,17,23,26,32H,11-14,16H2,(H,28,33). The first kappa shape index (κ1) is 21.0. The van der Waals surface area contributed by atoms with E-state index in [9.17, 15) is 9.90 Å². The number of aromatic nitrogens is 1. The third-order valence-electron chi connectivity index (χ3n) is 5.99. The molecule has 3 N–H and O–H groups in total. The first-order valence-electron chi connectivity index (χ1n) is 11.1. The van der Waals surface area contributed by atoms with Crippen molar-refractivity contribution >= 4 is 23.1 Å². The van der Waals surface area contributed by atoms with Gasteiger partial charge in [0.15, 0.2) is 0 Å². The lowest BCUT2D eigenvalue weighted by Gasteiger charge is -2.30. The van der Waals surface area contributed by atoms with Gasteiger partial charge in [-0.3, -0.25) is 4.98 Å². The highest BCUT2D eigenvalue weighted by atomic mass is 16.3. The van der Waals surface area contributed by atoms with E-state index in [2.05, 4.69) is 31.7 Å². The molecule has 8 heteroatoms. The number of phenols is 1. The first-order valence-corrected chi connectivity index (χ1v) is 11.1. The summed E-state index contributed by atoms with van der Waals surface area (Å²) in [5, 5.41) is 22.9. The van der Waals surface area contributed by atoms with E-state index < -0.39 is 6.04 Å². The molecule has 1 fully saturated rings. The maximum atomic E-state index is 13.4. The zero-order chi connectivity index (χ0) is 22.6. The number of urea groups is 1. The number of para-hydroxylation sites is 1. The fourth-order valence-corrected chi connectivity index (χ4v) is 4.30. The fraction of sp³-hybridized carbons (Fsp3) is 0.240. The van der Waals surface area contributed by atoms with Crippen molar-refractivity contribution in [3.63, 3.8) is 0 Å². The molecule has 1 aromatic heterocycles. The topological polar surface area (TPSA) is 93.1 Å². The van der Waals surface area contributed by atoms with Crippen LogP contribution in [0.25, 0.3) is 0 Å². The number of aromatic hydroxyl groups is 1. The van der Waals surface area contributed by atoms with Crippen molar-refractivity contribution in [2.24, 2.45) is 5.10 Å². The lowest BCUT2D eigenvalue weighted by atomic mass is 9.98. The lowest BCUT2D eigenvalue weighted by molar-refractivity contribution is 0.199. The third-order valence-corrected chi connectivity index (χ3v) is 5.99. The Labute approximate surface area is 192 Å². The molecule has 0 saturated carbocycles. The van der Waals surface area contributed by atoms with Gasteiger partial charge in [-0.2, -0.15) is 5.10 Å². The SMILES string of the molecule is O=C(Nc1cccc(N2CCNCC2)c1)N1N=C(c2cccnc2)CC1c1ccccc1O. The zero-order valence-corrected chi connectivity index (χ0v) is 18.2. The summed E-state index contributed by atoms with van der Waals surface area (Å²) in [6, 6.07) is 17.9. The molecule has 2 aliphatic heterocycles. The Morgan fingerprint density at radius 3 is 2.70 bits per heavy atom. The van der Waals surface area contributed by atoms with Crippen LogP contribution in [-0.4, -0.2) is 53.0 Å². The molecule has 3 aromatic rings. The lowest BCUT2D eigenvalue weighted by Crippen LogP contribution is -2.43. The van der Waals surface area contributed by atoms with E-state index in [1.165, 1.54) is 5.01 Å². The second-order valence-electron chi connectivity index (χ2n) is 8.13. The Balaban J connectivity index is 1.41. The summed E-state index contributed by atoms with van der Waals surface area (Å²) in [6.07, 6.45) is 3.92. The van der Waals surface area contributed by atoms with Crippen LogP contribution in [0.1, 0.15) is 23.6 Å². The Bertz CT molecular complexity index is 1160. The average molecular weight is 443 g/mol. The Morgan fingerprint density at radius 2 is 1.91 bits per heavy atom. The summed E-state index contributed by atoms with van der Waals surface area (Å²) < 4.78 is 0. The largest absolute Gasteiger partial charge is 0.508 e. The molecule has 33 heavy (non-hydrogen) atoms. The molecule has 0 spiro atoms. The number of hydrogen-bond donors (Lipinski definition) is 3. The number of nitrogens with one attached hydrogen (secondary N) is 2. The molecule has 5 rings (SSSR count). The number of benzene rings is 2. The molecule has 1 saturated heterocycles. The molecule has 168 valence electrons. The molecular formula is C25H26N6O2. The number of piperazine rings is 1. The van der Waals surface area contributed by atoms with Crippen LogP contribution in [0.5, 0.6) is 5.75 Å². The number of nitrogens with zero attached hydrogens (tertiary/aromatic N) is 4. The molecule has 1 unspecified atom stereocenters. The van der Waals surface area contributed by atoms with Gasteiger partial charge in [0.1, 0.15) is 5.75 Å². The normalized spacial score (nSPS) is 18.2. The molecule has 2 amide bonds. The van der Waals surface area contributed by atoms with Crippen LogP contribution in [0.3, 0.4) is 0 Å². The Morgan fingerprint density at radius 1 is 1.06 bits per heavy atom. The highest BCUT2D eigenvalue weighted by Gasteiger charge is 2.34. The van der Waals surface area contributed by atoms with Gasteiger partial charge in [0, 0.05) is 67.5 Å². The van der Waals surface area contributed by atoms with Crippen LogP contribution in [-0.2, 0) is 0 Å². The predicted molar refractivity (Wildman–Crippen MR) is 129 cm³/mol. The minimum Gasteiger partial charge on any atom is -0.508 e. The number of hydrogen-bond acceptors (Lipinski definition) is 6. The van der Waals surface area contributed by atoms with E-state index in [0.717, 1.165) is 43.1 Å². The van der Waals surface area contributed by atoms with Gasteiger partial charge in [-0.1, -0.05) is 30.3 Å². The number of rotatable bonds is 4. The fourth-order valence-electron chi connectivity index (χ4n) is 4.30. The first-order chi connectivity index (χ1) is 16.2. The number of hydrazone groups is 1. The van der Waals surface area contributed by atoms with Gasteiger partial charge in [-0.05, 0) is 30.3 Å². The number of anilines is 2. The minimum absolute atomic E-state index is 0.142. The molecular weight excluding hydrogens is 416 g/mol. The van der Waals surface area contributed by atoms with Crippen LogP contribution in [0, 0.1) is 0 Å². The number of carbonyl (C=O) groups is 1. The van der Waals surface area contributed by atoms with Crippen LogP contribution in [0.15, 0.2) is 78.2 Å². The van der Waals surface area contributed by atoms with Crippen LogP contribution in [0.4, 0.5) is 16.2 Å². The summed E-state index contributed by atoms with van der Waals surface area (Å²) in [5.41, 5.74) is 4.05. The van der Waals surface area contributed by atoms with Crippen LogP contribution in [0.2, 0.25) is 0 Å². The number of pyridine rings is 1. The van der Waals surface area contributed by atoms with Gasteiger partial charge in [-0.15, -0.1) is 0 Å². The second kappa shape index (κ2) is 9.30. The van der Waals surface area contributed by atoms with Crippen molar-refractivity contribution in [3.8, 4) is 5.75 Å². The maximum absolute atomic E-state index is 13.4. The number of carbonyl (C=O) groups excluding carboxylic acids is 1. The summed E-state index contributed by atoms with van der Waals surface area (Å²) in [4.78, 5) is 19.8. The van der Waals surface area contributed by atoms with Crippen molar-refractivity contribution < 1.29 is 9.90 Å². The smallest absolute Gasteiger partial charge is 0.342 e. The molecule has 0 aliphatic carbocycles. The van der Waals surface area contributed by atoms with Gasteiger partial charge < -0.3 is 20.6 Å². The summed E-state index contributed by atoms with van der Waals surface area (Å²) in [5.74, 6) is 0.142. The van der Waals surface area contributed by atoms with Gasteiger partial charge in [0.2, 0.25) is 0 Å². The molecule has 1 atom stereocenters. The predicted octanol–water partition coefficient (Wildman–Crippen LogP) is 3.58. The van der Waals surface area contributed by atoms with E-state index in [1.54, 1.807) is 24.5 Å². The number of phenolic OH excluding ortho intramolecular Hbond substituents is 1. The van der Waals surface area contributed by atoms with E-state index in [4.69, 9.17) is 0 Å². The average Bonchev–Trinajstić information content (AvgIpc) is 3.31. The summed E-state index contributed by atoms with van der Waals surface area (Å²) in [6.45, 7) is 3.74. The van der Waals surface area contributed by atoms with Crippen molar-refractivity contribution in [1.82, 2.24) is 15.3 Å². The van der Waals surface area contributed by atoms with Gasteiger partial charge >= 0.3 is 6.03 Å². The van der Waals surface area contributed by atoms with E-state index in [1.807, 2.05) is 42.5 Å². The highest BCUT2D eigenvalue weighted by molar-refractivity contribution is 6.04. The van der Waals surface area contributed by atoms with Crippen LogP contribution >= 0.6 is 0 Å². The van der Waals surface area contributed by atoms with Crippen molar-refractivity contribution in [2.75, 3.05) is 36.4 Å². The molecule has 2 aliphatic rings. The van der Waals surface area contributed by atoms with E-state index in [-0.39, 0.29) is 11.8 Å². The Hall–Kier alpha value is -3.91. The summed E-state index contributed by atoms with van der Waals surface area (Å²) >= 11 is 0. The Kier molecular flexibility index (Phi) is 5.91. The molecule has 2 aromatic carbocycles. The second-order valence-corrected chi connectivity index (χ2v) is 8.13. The van der Waals surface area contributed by atoms with Gasteiger partial charge in [-0.25, -0.2) is 9.80 Å². The van der Waals surface area contributed by atoms with E-state index >= 15 is 0 Å². The zero-order valence-electron chi connectivity index (χ0n) is 18.2. The van der Waals surface area contributed by atoms with Crippen LogP contribution < -0.4 is 15.5 Å². The van der Waals surface area contributed by atoms with Gasteiger partial charge in [0.05, 0.1) is 11.8 Å². The molecule has 8 nitrogen and oxygen atoms in total. The minimum atomic E-state index is -0.419. The molecule has 0 bridgehead atoms. The van der Waals surface area contributed by atoms with Crippen molar-refractivity contribution in [1.29, 1.82) is 0 Å². The van der Waals surface area contributed by atoms with E-state index in [0.29, 0.717) is 17.7 Å². The quantitative estimate of drug-likeness (QED) is 0.574. The van der Waals surface area contributed by atoms with Gasteiger partial charge in [0.25, 0.3) is 0 Å². The molecule has 3 heterocycles. The summed E-state index contributed by atoms with van der Waals surface area (Å²) in [7, 11) is 0. The van der Waals surface area contributed by atoms with Crippen molar-refractivity contribution in [2.45, 2.75) is 12.5 Å². The third kappa shape index (κ3) is 4.51. The monoisotopic (exact) mass is 442 g/mol. The van der Waals surface area contributed by atoms with Crippen molar-refractivity contribution in [3.05, 3.63) is 84.2 Å². The number of amides is 2. The highest BCUT2D eigenvalue weighted by Crippen LogP contribution is 2.37.